The van der Waals surface area contributed by atoms with Crippen LogP contribution in [0.3, 0.4) is 0 Å². The smallest absolute Gasteiger partial charge is 0.193 e. The van der Waals surface area contributed by atoms with Crippen molar-refractivity contribution < 1.29 is 0 Å². The van der Waals surface area contributed by atoms with Gasteiger partial charge in [-0.05, 0) is 35.7 Å². The van der Waals surface area contributed by atoms with Crippen LogP contribution in [0.2, 0.25) is 0 Å². The first-order valence-electron chi connectivity index (χ1n) is 8.21. The molecular formula is C19H24IN5. The molecule has 0 unspecified atom stereocenters. The molecule has 6 heteroatoms. The van der Waals surface area contributed by atoms with Gasteiger partial charge in [0.1, 0.15) is 5.65 Å². The van der Waals surface area contributed by atoms with E-state index in [1.165, 1.54) is 5.56 Å². The molecule has 0 amide bonds. The third-order valence-corrected chi connectivity index (χ3v) is 3.89. The average Bonchev–Trinajstić information content (AvgIpc) is 2.97. The minimum Gasteiger partial charge on any atom is -0.370 e. The summed E-state index contributed by atoms with van der Waals surface area (Å²) in [6, 6.07) is 14.2. The number of fused-ring (bicyclic) bond motifs is 1. The van der Waals surface area contributed by atoms with Gasteiger partial charge in [0.2, 0.25) is 0 Å². The van der Waals surface area contributed by atoms with Crippen molar-refractivity contribution >= 4 is 41.3 Å². The van der Waals surface area contributed by atoms with Crippen LogP contribution in [-0.2, 0) is 6.42 Å². The molecule has 3 N–H and O–H groups in total. The number of aromatic nitrogens is 2. The number of hydrogen-bond acceptors (Lipinski definition) is 2. The van der Waals surface area contributed by atoms with Crippen LogP contribution in [0.25, 0.3) is 5.65 Å². The number of imidazole rings is 1. The van der Waals surface area contributed by atoms with Crippen LogP contribution in [0.15, 0.2) is 59.9 Å². The Kier molecular flexibility index (Phi) is 6.81. The summed E-state index contributed by atoms with van der Waals surface area (Å²) < 4.78 is 2.01. The van der Waals surface area contributed by atoms with Crippen molar-refractivity contribution in [2.24, 2.45) is 10.7 Å². The molecular weight excluding hydrogens is 425 g/mol. The van der Waals surface area contributed by atoms with Crippen LogP contribution >= 0.6 is 24.0 Å². The molecule has 0 aliphatic rings. The summed E-state index contributed by atoms with van der Waals surface area (Å²) in [6.07, 6.45) is 4.78. The van der Waals surface area contributed by atoms with Gasteiger partial charge in [-0.3, -0.25) is 4.99 Å². The van der Waals surface area contributed by atoms with Gasteiger partial charge in [-0.25, -0.2) is 4.98 Å². The van der Waals surface area contributed by atoms with Crippen molar-refractivity contribution in [3.63, 3.8) is 0 Å². The number of aliphatic imine (C=N–C) groups is 1. The molecule has 0 fully saturated rings. The second-order valence-corrected chi connectivity index (χ2v) is 6.12. The summed E-state index contributed by atoms with van der Waals surface area (Å²) in [7, 11) is 0. The molecule has 0 aliphatic heterocycles. The number of anilines is 1. The van der Waals surface area contributed by atoms with Crippen molar-refractivity contribution in [2.45, 2.75) is 26.2 Å². The van der Waals surface area contributed by atoms with Crippen molar-refractivity contribution in [1.82, 2.24) is 9.38 Å². The van der Waals surface area contributed by atoms with Crippen LogP contribution in [0, 0.1) is 0 Å². The van der Waals surface area contributed by atoms with E-state index in [-0.39, 0.29) is 24.0 Å². The average molecular weight is 449 g/mol. The summed E-state index contributed by atoms with van der Waals surface area (Å²) in [5.74, 6) is 0.916. The Morgan fingerprint density at radius 2 is 2.08 bits per heavy atom. The molecule has 0 saturated heterocycles. The Morgan fingerprint density at radius 3 is 2.84 bits per heavy atom. The van der Waals surface area contributed by atoms with E-state index in [9.17, 15) is 0 Å². The summed E-state index contributed by atoms with van der Waals surface area (Å²) in [4.78, 5) is 8.95. The number of rotatable bonds is 5. The van der Waals surface area contributed by atoms with E-state index < -0.39 is 0 Å². The Labute approximate surface area is 165 Å². The second kappa shape index (κ2) is 8.84. The SMILES string of the molecule is CC(C)c1cccc(NC(N)=NCCc2cn3ccccc3n2)c1.I. The monoisotopic (exact) mass is 449 g/mol. The fraction of sp³-hybridized carbons (Fsp3) is 0.263. The maximum Gasteiger partial charge on any atom is 0.193 e. The summed E-state index contributed by atoms with van der Waals surface area (Å²) in [5.41, 5.74) is 10.2. The van der Waals surface area contributed by atoms with Gasteiger partial charge < -0.3 is 15.5 Å². The van der Waals surface area contributed by atoms with Crippen molar-refractivity contribution in [3.8, 4) is 0 Å². The van der Waals surface area contributed by atoms with Crippen molar-refractivity contribution in [3.05, 3.63) is 66.1 Å². The molecule has 25 heavy (non-hydrogen) atoms. The topological polar surface area (TPSA) is 67.7 Å². The Balaban J connectivity index is 0.00000225. The standard InChI is InChI=1S/C19H23N5.HI/c1-14(2)15-6-5-7-16(12-15)23-19(20)21-10-9-17-13-24-11-4-3-8-18(24)22-17;/h3-8,11-14H,9-10H2,1-2H3,(H3,20,21,23);1H. The number of guanidine groups is 1. The van der Waals surface area contributed by atoms with Crippen LogP contribution in [-0.4, -0.2) is 21.9 Å². The lowest BCUT2D eigenvalue weighted by atomic mass is 10.0. The van der Waals surface area contributed by atoms with E-state index in [1.54, 1.807) is 0 Å². The molecule has 2 heterocycles. The minimum absolute atomic E-state index is 0. The van der Waals surface area contributed by atoms with Crippen LogP contribution in [0.5, 0.6) is 0 Å². The Bertz CT molecular complexity index is 821. The highest BCUT2D eigenvalue weighted by molar-refractivity contribution is 14.0. The predicted molar refractivity (Wildman–Crippen MR) is 115 cm³/mol. The van der Waals surface area contributed by atoms with Crippen LogP contribution in [0.1, 0.15) is 31.0 Å². The van der Waals surface area contributed by atoms with Crippen LogP contribution < -0.4 is 11.1 Å². The fourth-order valence-electron chi connectivity index (χ4n) is 2.56. The van der Waals surface area contributed by atoms with E-state index in [2.05, 4.69) is 41.3 Å². The predicted octanol–water partition coefficient (Wildman–Crippen LogP) is 4.05. The van der Waals surface area contributed by atoms with E-state index in [0.717, 1.165) is 23.4 Å². The summed E-state index contributed by atoms with van der Waals surface area (Å²) in [6.45, 7) is 4.95. The molecule has 0 atom stereocenters. The minimum atomic E-state index is 0. The quantitative estimate of drug-likeness (QED) is 0.351. The molecule has 132 valence electrons. The third kappa shape index (κ3) is 5.19. The highest BCUT2D eigenvalue weighted by Gasteiger charge is 2.02. The zero-order valence-electron chi connectivity index (χ0n) is 14.5. The first-order valence-corrected chi connectivity index (χ1v) is 8.21. The molecule has 0 radical (unpaired) electrons. The van der Waals surface area contributed by atoms with E-state index in [4.69, 9.17) is 5.73 Å². The summed E-state index contributed by atoms with van der Waals surface area (Å²) in [5, 5.41) is 3.15. The lowest BCUT2D eigenvalue weighted by Gasteiger charge is -2.09. The number of hydrogen-bond donors (Lipinski definition) is 2. The number of pyridine rings is 1. The number of nitrogens with two attached hydrogens (primary N) is 1. The molecule has 0 spiro atoms. The van der Waals surface area contributed by atoms with Gasteiger partial charge in [-0.2, -0.15) is 0 Å². The molecule has 5 nitrogen and oxygen atoms in total. The van der Waals surface area contributed by atoms with E-state index in [1.807, 2.05) is 47.1 Å². The number of nitrogens with zero attached hydrogens (tertiary/aromatic N) is 3. The van der Waals surface area contributed by atoms with E-state index in [0.29, 0.717) is 18.4 Å². The fourth-order valence-corrected chi connectivity index (χ4v) is 2.56. The lowest BCUT2D eigenvalue weighted by molar-refractivity contribution is 0.867. The van der Waals surface area contributed by atoms with Gasteiger partial charge in [-0.15, -0.1) is 24.0 Å². The van der Waals surface area contributed by atoms with Gasteiger partial charge in [0.05, 0.1) is 5.69 Å². The first kappa shape index (κ1) is 19.2. The molecule has 2 aromatic heterocycles. The normalized spacial score (nSPS) is 11.6. The zero-order chi connectivity index (χ0) is 16.9. The molecule has 0 saturated carbocycles. The van der Waals surface area contributed by atoms with Gasteiger partial charge in [0.15, 0.2) is 5.96 Å². The number of benzene rings is 1. The van der Waals surface area contributed by atoms with Gasteiger partial charge >= 0.3 is 0 Å². The molecule has 0 bridgehead atoms. The molecule has 3 aromatic rings. The Hall–Kier alpha value is -2.09. The highest BCUT2D eigenvalue weighted by atomic mass is 127. The molecule has 1 aromatic carbocycles. The first-order chi connectivity index (χ1) is 11.6. The molecule has 3 rings (SSSR count). The van der Waals surface area contributed by atoms with Gasteiger partial charge in [0, 0.05) is 31.0 Å². The van der Waals surface area contributed by atoms with Crippen molar-refractivity contribution in [1.29, 1.82) is 0 Å². The lowest BCUT2D eigenvalue weighted by Crippen LogP contribution is -2.23. The van der Waals surface area contributed by atoms with E-state index >= 15 is 0 Å². The number of nitrogens with one attached hydrogen (secondary N) is 1. The maximum atomic E-state index is 5.98. The van der Waals surface area contributed by atoms with Crippen molar-refractivity contribution in [2.75, 3.05) is 11.9 Å². The second-order valence-electron chi connectivity index (χ2n) is 6.12. The third-order valence-electron chi connectivity index (χ3n) is 3.89. The Morgan fingerprint density at radius 1 is 1.24 bits per heavy atom. The zero-order valence-corrected chi connectivity index (χ0v) is 16.8. The highest BCUT2D eigenvalue weighted by Crippen LogP contribution is 2.18. The van der Waals surface area contributed by atoms with Gasteiger partial charge in [0.25, 0.3) is 0 Å². The largest absolute Gasteiger partial charge is 0.370 e. The number of halogens is 1. The van der Waals surface area contributed by atoms with Crippen LogP contribution in [0.4, 0.5) is 5.69 Å². The summed E-state index contributed by atoms with van der Waals surface area (Å²) >= 11 is 0. The molecule has 0 aliphatic carbocycles. The van der Waals surface area contributed by atoms with Gasteiger partial charge in [-0.1, -0.05) is 32.0 Å². The maximum absolute atomic E-state index is 5.98.